The summed E-state index contributed by atoms with van der Waals surface area (Å²) in [5, 5.41) is 11.7. The summed E-state index contributed by atoms with van der Waals surface area (Å²) in [5.41, 5.74) is 3.15. The van der Waals surface area contributed by atoms with Gasteiger partial charge in [0.1, 0.15) is 6.04 Å². The molecule has 2 aliphatic heterocycles. The van der Waals surface area contributed by atoms with E-state index in [2.05, 4.69) is 31.2 Å². The summed E-state index contributed by atoms with van der Waals surface area (Å²) < 4.78 is 0. The first-order chi connectivity index (χ1) is 12.1. The van der Waals surface area contributed by atoms with Gasteiger partial charge in [-0.15, -0.1) is 0 Å². The summed E-state index contributed by atoms with van der Waals surface area (Å²) in [7, 11) is 0. The molecule has 1 saturated carbocycles. The molecule has 1 atom stereocenters. The van der Waals surface area contributed by atoms with E-state index in [1.165, 1.54) is 29.0 Å². The predicted octanol–water partition coefficient (Wildman–Crippen LogP) is 3.59. The van der Waals surface area contributed by atoms with Crippen LogP contribution in [0.5, 0.6) is 0 Å². The minimum atomic E-state index is -0.314. The molecule has 3 aliphatic rings. The quantitative estimate of drug-likeness (QED) is 0.913. The fourth-order valence-corrected chi connectivity index (χ4v) is 4.67. The van der Waals surface area contributed by atoms with Crippen molar-refractivity contribution in [3.8, 4) is 0 Å². The zero-order valence-corrected chi connectivity index (χ0v) is 15.3. The zero-order valence-electron chi connectivity index (χ0n) is 15.3. The van der Waals surface area contributed by atoms with E-state index in [0.717, 1.165) is 45.2 Å². The monoisotopic (exact) mass is 342 g/mol. The Bertz CT molecular complexity index is 633. The number of hydroxylamine groups is 2. The Morgan fingerprint density at radius 3 is 2.60 bits per heavy atom. The van der Waals surface area contributed by atoms with Crippen LogP contribution in [0.15, 0.2) is 24.3 Å². The van der Waals surface area contributed by atoms with Gasteiger partial charge in [0.15, 0.2) is 0 Å². The van der Waals surface area contributed by atoms with Crippen molar-refractivity contribution in [2.75, 3.05) is 19.6 Å². The molecule has 136 valence electrons. The molecule has 1 unspecified atom stereocenters. The summed E-state index contributed by atoms with van der Waals surface area (Å²) in [6, 6.07) is 8.59. The van der Waals surface area contributed by atoms with Gasteiger partial charge in [-0.25, -0.2) is 0 Å². The maximum absolute atomic E-state index is 12.9. The van der Waals surface area contributed by atoms with Crippen LogP contribution in [-0.2, 0) is 11.2 Å². The topological polar surface area (TPSA) is 43.8 Å². The van der Waals surface area contributed by atoms with Gasteiger partial charge in [-0.05, 0) is 67.4 Å². The van der Waals surface area contributed by atoms with E-state index in [9.17, 15) is 10.0 Å². The number of hydrogen-bond donors (Lipinski definition) is 1. The van der Waals surface area contributed by atoms with Crippen LogP contribution < -0.4 is 0 Å². The Balaban J connectivity index is 1.34. The van der Waals surface area contributed by atoms with Gasteiger partial charge in [0.25, 0.3) is 0 Å². The average molecular weight is 342 g/mol. The third kappa shape index (κ3) is 3.47. The van der Waals surface area contributed by atoms with Gasteiger partial charge in [0.05, 0.1) is 0 Å². The first-order valence-electron chi connectivity index (χ1n) is 9.93. The molecule has 1 aromatic carbocycles. The summed E-state index contributed by atoms with van der Waals surface area (Å²) in [6.07, 6.45) is 7.47. The van der Waals surface area contributed by atoms with Crippen molar-refractivity contribution < 1.29 is 10.0 Å². The van der Waals surface area contributed by atoms with Gasteiger partial charge in [0, 0.05) is 19.6 Å². The van der Waals surface area contributed by atoms with E-state index >= 15 is 0 Å². The molecule has 0 bridgehead atoms. The normalized spacial score (nSPS) is 26.8. The van der Waals surface area contributed by atoms with E-state index in [1.54, 1.807) is 0 Å². The van der Waals surface area contributed by atoms with Crippen molar-refractivity contribution >= 4 is 5.91 Å². The molecule has 1 N–H and O–H groups in total. The molecule has 4 rings (SSSR count). The lowest BCUT2D eigenvalue weighted by Gasteiger charge is -2.39. The van der Waals surface area contributed by atoms with Crippen LogP contribution in [0.3, 0.4) is 0 Å². The first kappa shape index (κ1) is 17.0. The Kier molecular flexibility index (Phi) is 4.59. The highest BCUT2D eigenvalue weighted by Crippen LogP contribution is 2.52. The van der Waals surface area contributed by atoms with E-state index in [1.807, 2.05) is 4.90 Å². The van der Waals surface area contributed by atoms with Crippen molar-refractivity contribution in [1.82, 2.24) is 9.96 Å². The number of amides is 1. The molecule has 4 nitrogen and oxygen atoms in total. The number of piperidine rings is 2. The van der Waals surface area contributed by atoms with Crippen LogP contribution >= 0.6 is 0 Å². The van der Waals surface area contributed by atoms with Gasteiger partial charge in [-0.3, -0.25) is 4.79 Å². The van der Waals surface area contributed by atoms with Crippen molar-refractivity contribution in [2.45, 2.75) is 63.8 Å². The third-order valence-electron chi connectivity index (χ3n) is 6.68. The fourth-order valence-electron chi connectivity index (χ4n) is 4.67. The smallest absolute Gasteiger partial charge is 0.242 e. The summed E-state index contributed by atoms with van der Waals surface area (Å²) in [5.74, 6) is 0.695. The molecule has 2 saturated heterocycles. The molecule has 0 radical (unpaired) electrons. The van der Waals surface area contributed by atoms with Crippen molar-refractivity contribution in [1.29, 1.82) is 0 Å². The number of hydrogen-bond acceptors (Lipinski definition) is 3. The van der Waals surface area contributed by atoms with Crippen LogP contribution in [0.1, 0.15) is 62.5 Å². The van der Waals surface area contributed by atoms with Gasteiger partial charge >= 0.3 is 0 Å². The lowest BCUT2D eigenvalue weighted by atomic mass is 9.87. The van der Waals surface area contributed by atoms with E-state index in [0.29, 0.717) is 17.9 Å². The molecule has 1 spiro atoms. The first-order valence-corrected chi connectivity index (χ1v) is 9.93. The summed E-state index contributed by atoms with van der Waals surface area (Å²) in [4.78, 5) is 14.8. The standard InChI is InChI=1S/C21H30N2O2/c1-2-16-4-3-5-18(14-16)17-7-12-22(13-8-17)20(24)19-6-9-21(10-11-21)15-23(19)25/h3-5,14,17,19,25H,2,6-13,15H2,1H3. The molecule has 4 heteroatoms. The molecule has 1 aromatic rings. The molecular formula is C21H30N2O2. The Morgan fingerprint density at radius 1 is 1.20 bits per heavy atom. The number of likely N-dealkylation sites (tertiary alicyclic amines) is 1. The number of benzene rings is 1. The molecule has 0 aromatic heterocycles. The van der Waals surface area contributed by atoms with Crippen molar-refractivity contribution in [3.05, 3.63) is 35.4 Å². The minimum Gasteiger partial charge on any atom is -0.341 e. The summed E-state index contributed by atoms with van der Waals surface area (Å²) in [6.45, 7) is 4.51. The maximum Gasteiger partial charge on any atom is 0.242 e. The highest BCUT2D eigenvalue weighted by atomic mass is 16.5. The fraction of sp³-hybridized carbons (Fsp3) is 0.667. The van der Waals surface area contributed by atoms with Gasteiger partial charge in [-0.1, -0.05) is 31.2 Å². The molecule has 25 heavy (non-hydrogen) atoms. The van der Waals surface area contributed by atoms with Gasteiger partial charge in [0.2, 0.25) is 5.91 Å². The van der Waals surface area contributed by atoms with Crippen LogP contribution in [0.25, 0.3) is 0 Å². The highest BCUT2D eigenvalue weighted by Gasteiger charge is 2.49. The molecule has 1 aliphatic carbocycles. The number of carbonyl (C=O) groups excluding carboxylic acids is 1. The van der Waals surface area contributed by atoms with E-state index in [4.69, 9.17) is 0 Å². The summed E-state index contributed by atoms with van der Waals surface area (Å²) >= 11 is 0. The predicted molar refractivity (Wildman–Crippen MR) is 97.6 cm³/mol. The maximum atomic E-state index is 12.9. The van der Waals surface area contributed by atoms with Crippen LogP contribution in [-0.4, -0.2) is 46.8 Å². The van der Waals surface area contributed by atoms with Gasteiger partial charge in [-0.2, -0.15) is 5.06 Å². The Morgan fingerprint density at radius 2 is 1.96 bits per heavy atom. The van der Waals surface area contributed by atoms with Crippen LogP contribution in [0.4, 0.5) is 0 Å². The van der Waals surface area contributed by atoms with E-state index < -0.39 is 0 Å². The number of rotatable bonds is 3. The SMILES string of the molecule is CCc1cccc(C2CCN(C(=O)C3CCC4(CC4)CN3O)CC2)c1. The van der Waals surface area contributed by atoms with Crippen molar-refractivity contribution in [2.24, 2.45) is 5.41 Å². The molecule has 2 heterocycles. The third-order valence-corrected chi connectivity index (χ3v) is 6.68. The van der Waals surface area contributed by atoms with Crippen LogP contribution in [0, 0.1) is 5.41 Å². The minimum absolute atomic E-state index is 0.138. The Labute approximate surface area is 150 Å². The largest absolute Gasteiger partial charge is 0.341 e. The molecule has 3 fully saturated rings. The number of nitrogens with zero attached hydrogens (tertiary/aromatic N) is 2. The molecule has 1 amide bonds. The lowest BCUT2D eigenvalue weighted by molar-refractivity contribution is -0.180. The lowest BCUT2D eigenvalue weighted by Crippen LogP contribution is -2.53. The van der Waals surface area contributed by atoms with Gasteiger partial charge < -0.3 is 10.1 Å². The second kappa shape index (κ2) is 6.73. The Hall–Kier alpha value is -1.39. The van der Waals surface area contributed by atoms with Crippen molar-refractivity contribution in [3.63, 3.8) is 0 Å². The zero-order chi connectivity index (χ0) is 17.4. The second-order valence-corrected chi connectivity index (χ2v) is 8.35. The number of carbonyl (C=O) groups is 1. The van der Waals surface area contributed by atoms with E-state index in [-0.39, 0.29) is 11.9 Å². The second-order valence-electron chi connectivity index (χ2n) is 8.35. The highest BCUT2D eigenvalue weighted by molar-refractivity contribution is 5.82. The van der Waals surface area contributed by atoms with Crippen LogP contribution in [0.2, 0.25) is 0 Å². The number of aryl methyl sites for hydroxylation is 1. The average Bonchev–Trinajstić information content (AvgIpc) is 3.40. The molecular weight excluding hydrogens is 312 g/mol.